The van der Waals surface area contributed by atoms with Gasteiger partial charge in [0, 0.05) is 12.5 Å². The van der Waals surface area contributed by atoms with Crippen molar-refractivity contribution in [2.24, 2.45) is 5.73 Å². The Balaban J connectivity index is 1.87. The smallest absolute Gasteiger partial charge is 0.373 e. The number of nitrogens with one attached hydrogen (secondary N) is 1. The van der Waals surface area contributed by atoms with Crippen molar-refractivity contribution in [2.45, 2.75) is 49.2 Å². The molecule has 1 saturated carbocycles. The standard InChI is InChI=1S/C23H24F6N2O2/c1-14(15-8-17(22(24,25)26)10-18(9-15)23(27,28)29)33-13-20(16-6-4-3-5-7-16)11-21(30,12-20)19(32)31-2/h3-10,14H,11-13,30H2,1-2H3,(H,31,32)/t14-,20-,21-/m1/s1. The van der Waals surface area contributed by atoms with E-state index in [4.69, 9.17) is 10.5 Å². The Morgan fingerprint density at radius 2 is 1.55 bits per heavy atom. The molecule has 1 fully saturated rings. The molecule has 0 bridgehead atoms. The summed E-state index contributed by atoms with van der Waals surface area (Å²) in [5.41, 5.74) is 2.14. The number of carbonyl (C=O) groups is 1. The first kappa shape index (κ1) is 25.0. The molecule has 3 N–H and O–H groups in total. The minimum absolute atomic E-state index is 0.0360. The van der Waals surface area contributed by atoms with E-state index < -0.39 is 40.5 Å². The third-order valence-corrected chi connectivity index (χ3v) is 6.06. The third kappa shape index (κ3) is 5.16. The largest absolute Gasteiger partial charge is 0.416 e. The minimum atomic E-state index is -4.94. The van der Waals surface area contributed by atoms with Gasteiger partial charge in [0.05, 0.1) is 29.4 Å². The van der Waals surface area contributed by atoms with E-state index in [1.807, 2.05) is 12.1 Å². The number of likely N-dealkylation sites (N-methyl/N-ethyl adjacent to an activating group) is 1. The number of hydrogen-bond acceptors (Lipinski definition) is 3. The fraction of sp³-hybridized carbons (Fsp3) is 0.435. The summed E-state index contributed by atoms with van der Waals surface area (Å²) < 4.78 is 85.0. The number of carbonyl (C=O) groups excluding carboxylic acids is 1. The molecule has 0 heterocycles. The van der Waals surface area contributed by atoms with Crippen molar-refractivity contribution >= 4 is 5.91 Å². The number of hydrogen-bond donors (Lipinski definition) is 2. The van der Waals surface area contributed by atoms with Crippen LogP contribution >= 0.6 is 0 Å². The van der Waals surface area contributed by atoms with Gasteiger partial charge in [-0.3, -0.25) is 4.79 Å². The third-order valence-electron chi connectivity index (χ3n) is 6.06. The molecule has 1 amide bonds. The van der Waals surface area contributed by atoms with Crippen LogP contribution < -0.4 is 11.1 Å². The first-order chi connectivity index (χ1) is 15.2. The van der Waals surface area contributed by atoms with Crippen LogP contribution in [0.3, 0.4) is 0 Å². The Bertz CT molecular complexity index is 966. The van der Waals surface area contributed by atoms with E-state index in [0.29, 0.717) is 12.1 Å². The van der Waals surface area contributed by atoms with E-state index in [9.17, 15) is 31.1 Å². The van der Waals surface area contributed by atoms with Crippen LogP contribution in [0.4, 0.5) is 26.3 Å². The average Bonchev–Trinajstić information content (AvgIpc) is 2.74. The first-order valence-corrected chi connectivity index (χ1v) is 10.2. The molecule has 0 unspecified atom stereocenters. The molecule has 0 spiro atoms. The van der Waals surface area contributed by atoms with Crippen LogP contribution in [0.5, 0.6) is 0 Å². The second kappa shape index (κ2) is 8.64. The second-order valence-corrected chi connectivity index (χ2v) is 8.53. The summed E-state index contributed by atoms with van der Waals surface area (Å²) in [4.78, 5) is 12.2. The van der Waals surface area contributed by atoms with Crippen LogP contribution in [0.1, 0.15) is 48.1 Å². The molecule has 0 aromatic heterocycles. The van der Waals surface area contributed by atoms with Crippen molar-refractivity contribution < 1.29 is 35.9 Å². The van der Waals surface area contributed by atoms with Gasteiger partial charge in [-0.1, -0.05) is 30.3 Å². The summed E-state index contributed by atoms with van der Waals surface area (Å²) in [5.74, 6) is -0.352. The summed E-state index contributed by atoms with van der Waals surface area (Å²) in [5, 5.41) is 2.51. The molecule has 3 rings (SSSR count). The fourth-order valence-electron chi connectivity index (χ4n) is 4.34. The summed E-state index contributed by atoms with van der Waals surface area (Å²) in [6.45, 7) is 1.35. The zero-order chi connectivity index (χ0) is 24.7. The van der Waals surface area contributed by atoms with Crippen molar-refractivity contribution in [3.63, 3.8) is 0 Å². The van der Waals surface area contributed by atoms with E-state index in [-0.39, 0.29) is 37.0 Å². The topological polar surface area (TPSA) is 64.4 Å². The van der Waals surface area contributed by atoms with E-state index in [0.717, 1.165) is 5.56 Å². The predicted octanol–water partition coefficient (Wildman–Crippen LogP) is 4.98. The molecule has 2 aromatic rings. The first-order valence-electron chi connectivity index (χ1n) is 10.2. The molecule has 4 nitrogen and oxygen atoms in total. The molecule has 1 aliphatic carbocycles. The van der Waals surface area contributed by atoms with E-state index in [1.165, 1.54) is 14.0 Å². The molecule has 10 heteroatoms. The van der Waals surface area contributed by atoms with Crippen molar-refractivity contribution in [3.05, 3.63) is 70.8 Å². The maximum absolute atomic E-state index is 13.2. The lowest BCUT2D eigenvalue weighted by Crippen LogP contribution is -2.68. The highest BCUT2D eigenvalue weighted by Gasteiger charge is 2.57. The highest BCUT2D eigenvalue weighted by Crippen LogP contribution is 2.50. The van der Waals surface area contributed by atoms with Crippen LogP contribution in [-0.4, -0.2) is 25.1 Å². The summed E-state index contributed by atoms with van der Waals surface area (Å²) in [6.07, 6.45) is -10.5. The number of nitrogens with two attached hydrogens (primary N) is 1. The van der Waals surface area contributed by atoms with Gasteiger partial charge >= 0.3 is 12.4 Å². The Labute approximate surface area is 187 Å². The fourth-order valence-corrected chi connectivity index (χ4v) is 4.34. The number of halogens is 6. The van der Waals surface area contributed by atoms with Crippen LogP contribution in [0.15, 0.2) is 48.5 Å². The number of alkyl halides is 6. The molecular weight excluding hydrogens is 450 g/mol. The molecule has 0 saturated heterocycles. The molecule has 1 atom stereocenters. The lowest BCUT2D eigenvalue weighted by Gasteiger charge is -2.53. The van der Waals surface area contributed by atoms with E-state index in [1.54, 1.807) is 18.2 Å². The van der Waals surface area contributed by atoms with Gasteiger partial charge in [0.25, 0.3) is 0 Å². The number of amides is 1. The van der Waals surface area contributed by atoms with Crippen molar-refractivity contribution in [1.29, 1.82) is 0 Å². The predicted molar refractivity (Wildman–Crippen MR) is 109 cm³/mol. The molecule has 180 valence electrons. The zero-order valence-electron chi connectivity index (χ0n) is 18.0. The Hall–Kier alpha value is -2.59. The molecular formula is C23H24F6N2O2. The summed E-state index contributed by atoms with van der Waals surface area (Å²) >= 11 is 0. The molecule has 0 aliphatic heterocycles. The highest BCUT2D eigenvalue weighted by atomic mass is 19.4. The van der Waals surface area contributed by atoms with Crippen LogP contribution in [0.2, 0.25) is 0 Å². The van der Waals surface area contributed by atoms with Gasteiger partial charge < -0.3 is 15.8 Å². The van der Waals surface area contributed by atoms with Crippen molar-refractivity contribution in [2.75, 3.05) is 13.7 Å². The Morgan fingerprint density at radius 3 is 2.00 bits per heavy atom. The molecule has 2 aromatic carbocycles. The molecule has 33 heavy (non-hydrogen) atoms. The lowest BCUT2D eigenvalue weighted by molar-refractivity contribution is -0.143. The zero-order valence-corrected chi connectivity index (χ0v) is 18.0. The van der Waals surface area contributed by atoms with Crippen molar-refractivity contribution in [3.8, 4) is 0 Å². The minimum Gasteiger partial charge on any atom is -0.373 e. The van der Waals surface area contributed by atoms with Crippen LogP contribution in [-0.2, 0) is 27.3 Å². The van der Waals surface area contributed by atoms with E-state index in [2.05, 4.69) is 5.32 Å². The SMILES string of the molecule is CNC(=O)[C@]1(N)C[C@](CO[C@H](C)c2cc(C(F)(F)F)cc(C(F)(F)F)c2)(c2ccccc2)C1. The monoisotopic (exact) mass is 474 g/mol. The van der Waals surface area contributed by atoms with Gasteiger partial charge in [0.1, 0.15) is 0 Å². The highest BCUT2D eigenvalue weighted by molar-refractivity contribution is 5.87. The number of ether oxygens (including phenoxy) is 1. The summed E-state index contributed by atoms with van der Waals surface area (Å²) in [7, 11) is 1.46. The maximum Gasteiger partial charge on any atom is 0.416 e. The quantitative estimate of drug-likeness (QED) is 0.581. The van der Waals surface area contributed by atoms with Crippen LogP contribution in [0.25, 0.3) is 0 Å². The van der Waals surface area contributed by atoms with Gasteiger partial charge in [-0.15, -0.1) is 0 Å². The van der Waals surface area contributed by atoms with Crippen molar-refractivity contribution in [1.82, 2.24) is 5.32 Å². The number of rotatable bonds is 6. The van der Waals surface area contributed by atoms with Gasteiger partial charge in [0.15, 0.2) is 0 Å². The normalized spacial score (nSPS) is 24.2. The Kier molecular flexibility index (Phi) is 6.56. The lowest BCUT2D eigenvalue weighted by atomic mass is 9.54. The molecule has 0 radical (unpaired) electrons. The number of benzene rings is 2. The second-order valence-electron chi connectivity index (χ2n) is 8.53. The van der Waals surface area contributed by atoms with Gasteiger partial charge in [0.2, 0.25) is 5.91 Å². The van der Waals surface area contributed by atoms with Gasteiger partial charge in [-0.2, -0.15) is 26.3 Å². The van der Waals surface area contributed by atoms with Gasteiger partial charge in [-0.25, -0.2) is 0 Å². The van der Waals surface area contributed by atoms with E-state index >= 15 is 0 Å². The molecule has 1 aliphatic rings. The average molecular weight is 474 g/mol. The van der Waals surface area contributed by atoms with Crippen LogP contribution in [0, 0.1) is 0 Å². The van der Waals surface area contributed by atoms with Gasteiger partial charge in [-0.05, 0) is 49.1 Å². The Morgan fingerprint density at radius 1 is 1.03 bits per heavy atom. The maximum atomic E-state index is 13.2. The summed E-state index contributed by atoms with van der Waals surface area (Å²) in [6, 6.07) is 10.4.